The molecule has 3 aromatic rings. The number of allylic oxidation sites excluding steroid dienone is 1. The molecule has 0 aliphatic heterocycles. The van der Waals surface area contributed by atoms with Crippen LogP contribution >= 0.6 is 12.4 Å². The molecule has 0 saturated carbocycles. The highest BCUT2D eigenvalue weighted by Gasteiger charge is 2.17. The molecule has 0 spiro atoms. The molecule has 0 unspecified atom stereocenters. The lowest BCUT2D eigenvalue weighted by atomic mass is 10.0. The summed E-state index contributed by atoms with van der Waals surface area (Å²) < 4.78 is 44.2. The molecule has 0 aliphatic rings. The van der Waals surface area contributed by atoms with Gasteiger partial charge in [0.25, 0.3) is 0 Å². The van der Waals surface area contributed by atoms with E-state index in [1.165, 1.54) is 31.6 Å². The van der Waals surface area contributed by atoms with Crippen LogP contribution in [-0.4, -0.2) is 43.8 Å². The number of hydrogen-bond acceptors (Lipinski definition) is 6. The average Bonchev–Trinajstić information content (AvgIpc) is 3.09. The van der Waals surface area contributed by atoms with Crippen LogP contribution in [0.15, 0.2) is 59.5 Å². The number of nitrogens with two attached hydrogens (primary N) is 1. The normalized spacial score (nSPS) is 11.9. The summed E-state index contributed by atoms with van der Waals surface area (Å²) in [5.74, 6) is -1.01. The van der Waals surface area contributed by atoms with Crippen molar-refractivity contribution in [2.24, 2.45) is 5.73 Å². The molecule has 30 heavy (non-hydrogen) atoms. The van der Waals surface area contributed by atoms with E-state index in [9.17, 15) is 17.6 Å². The van der Waals surface area contributed by atoms with Crippen LogP contribution in [0.3, 0.4) is 0 Å². The zero-order chi connectivity index (χ0) is 21.2. The molecular formula is C20H21ClFN3O4S. The van der Waals surface area contributed by atoms with Gasteiger partial charge in [-0.3, -0.25) is 0 Å². The van der Waals surface area contributed by atoms with Gasteiger partial charge in [0.15, 0.2) is 9.84 Å². The molecule has 160 valence electrons. The second kappa shape index (κ2) is 9.38. The Bertz CT molecular complexity index is 1220. The van der Waals surface area contributed by atoms with Crippen molar-refractivity contribution in [2.75, 3.05) is 19.9 Å². The molecule has 0 fully saturated rings. The predicted molar refractivity (Wildman–Crippen MR) is 115 cm³/mol. The van der Waals surface area contributed by atoms with Crippen molar-refractivity contribution in [3.05, 3.63) is 60.2 Å². The van der Waals surface area contributed by atoms with Crippen molar-refractivity contribution in [1.82, 2.24) is 9.55 Å². The number of nitrogens with zero attached hydrogens (tertiary/aromatic N) is 2. The summed E-state index contributed by atoms with van der Waals surface area (Å²) in [4.78, 5) is 16.7. The summed E-state index contributed by atoms with van der Waals surface area (Å²) in [5, 5.41) is 0. The van der Waals surface area contributed by atoms with Gasteiger partial charge in [-0.1, -0.05) is 12.1 Å². The van der Waals surface area contributed by atoms with Gasteiger partial charge in [0.2, 0.25) is 0 Å². The SMILES string of the molecule is COC(=O)c1cc(-c2cccc(S(C)(=O)=O)c2)c2ncn(CC(F)=CCN)c2c1.Cl. The molecule has 3 rings (SSSR count). The number of fused-ring (bicyclic) bond motifs is 1. The van der Waals surface area contributed by atoms with E-state index in [4.69, 9.17) is 10.5 Å². The number of rotatable bonds is 6. The zero-order valence-corrected chi connectivity index (χ0v) is 18.0. The number of sulfone groups is 1. The second-order valence-electron chi connectivity index (χ2n) is 6.44. The third kappa shape index (κ3) is 4.86. The molecular weight excluding hydrogens is 433 g/mol. The van der Waals surface area contributed by atoms with Crippen LogP contribution in [0.5, 0.6) is 0 Å². The molecule has 0 amide bonds. The Hall–Kier alpha value is -2.75. The maximum atomic E-state index is 14.0. The molecule has 2 N–H and O–H groups in total. The number of esters is 1. The summed E-state index contributed by atoms with van der Waals surface area (Å²) in [5.41, 5.74) is 7.70. The first-order valence-corrected chi connectivity index (χ1v) is 10.6. The van der Waals surface area contributed by atoms with Crippen molar-refractivity contribution in [3.63, 3.8) is 0 Å². The smallest absolute Gasteiger partial charge is 0.337 e. The quantitative estimate of drug-likeness (QED) is 0.575. The monoisotopic (exact) mass is 453 g/mol. The summed E-state index contributed by atoms with van der Waals surface area (Å²) in [6.07, 6.45) is 3.83. The first-order valence-electron chi connectivity index (χ1n) is 8.67. The van der Waals surface area contributed by atoms with Gasteiger partial charge in [-0.05, 0) is 35.9 Å². The lowest BCUT2D eigenvalue weighted by Crippen LogP contribution is -2.04. The van der Waals surface area contributed by atoms with Gasteiger partial charge in [-0.2, -0.15) is 0 Å². The Labute approximate surface area is 179 Å². The largest absolute Gasteiger partial charge is 0.465 e. The number of hydrogen-bond donors (Lipinski definition) is 1. The van der Waals surface area contributed by atoms with Gasteiger partial charge in [0.1, 0.15) is 5.83 Å². The van der Waals surface area contributed by atoms with Crippen molar-refractivity contribution in [1.29, 1.82) is 0 Å². The second-order valence-corrected chi connectivity index (χ2v) is 8.46. The molecule has 0 atom stereocenters. The number of ether oxygens (including phenoxy) is 1. The molecule has 2 aromatic carbocycles. The highest BCUT2D eigenvalue weighted by Crippen LogP contribution is 2.31. The Morgan fingerprint density at radius 3 is 2.67 bits per heavy atom. The number of imidazole rings is 1. The van der Waals surface area contributed by atoms with Gasteiger partial charge in [0, 0.05) is 18.4 Å². The molecule has 10 heteroatoms. The van der Waals surface area contributed by atoms with E-state index in [1.54, 1.807) is 28.8 Å². The van der Waals surface area contributed by atoms with Gasteiger partial charge in [-0.15, -0.1) is 12.4 Å². The number of carbonyl (C=O) groups excluding carboxylic acids is 1. The summed E-state index contributed by atoms with van der Waals surface area (Å²) in [6.45, 7) is -0.0312. The Morgan fingerprint density at radius 2 is 2.03 bits per heavy atom. The average molecular weight is 454 g/mol. The third-order valence-corrected chi connectivity index (χ3v) is 5.49. The van der Waals surface area contributed by atoms with Crippen molar-refractivity contribution in [2.45, 2.75) is 11.4 Å². The minimum atomic E-state index is -3.42. The van der Waals surface area contributed by atoms with Gasteiger partial charge in [0.05, 0.1) is 41.5 Å². The summed E-state index contributed by atoms with van der Waals surface area (Å²) in [6, 6.07) is 9.49. The third-order valence-electron chi connectivity index (χ3n) is 4.38. The van der Waals surface area contributed by atoms with E-state index in [1.807, 2.05) is 0 Å². The van der Waals surface area contributed by atoms with Crippen LogP contribution < -0.4 is 5.73 Å². The number of halogens is 2. The lowest BCUT2D eigenvalue weighted by molar-refractivity contribution is 0.0601. The first kappa shape index (κ1) is 23.5. The Morgan fingerprint density at radius 1 is 1.30 bits per heavy atom. The van der Waals surface area contributed by atoms with E-state index >= 15 is 0 Å². The van der Waals surface area contributed by atoms with Crippen LogP contribution in [0.4, 0.5) is 4.39 Å². The number of aromatic nitrogens is 2. The Kier molecular flexibility index (Phi) is 7.35. The molecule has 0 bridgehead atoms. The van der Waals surface area contributed by atoms with Crippen LogP contribution in [0.25, 0.3) is 22.2 Å². The van der Waals surface area contributed by atoms with Crippen LogP contribution in [0.1, 0.15) is 10.4 Å². The molecule has 0 radical (unpaired) electrons. The van der Waals surface area contributed by atoms with Gasteiger partial charge >= 0.3 is 5.97 Å². The Balaban J connectivity index is 0.00000320. The van der Waals surface area contributed by atoms with E-state index in [2.05, 4.69) is 4.98 Å². The van der Waals surface area contributed by atoms with Crippen LogP contribution in [0, 0.1) is 0 Å². The predicted octanol–water partition coefficient (Wildman–Crippen LogP) is 3.13. The van der Waals surface area contributed by atoms with Crippen molar-refractivity contribution < 1.29 is 22.3 Å². The van der Waals surface area contributed by atoms with E-state index in [0.717, 1.165) is 6.26 Å². The maximum absolute atomic E-state index is 14.0. The topological polar surface area (TPSA) is 104 Å². The van der Waals surface area contributed by atoms with Gasteiger partial charge in [-0.25, -0.2) is 22.6 Å². The van der Waals surface area contributed by atoms with E-state index in [0.29, 0.717) is 22.2 Å². The van der Waals surface area contributed by atoms with Crippen LogP contribution in [0.2, 0.25) is 0 Å². The zero-order valence-electron chi connectivity index (χ0n) is 16.3. The first-order chi connectivity index (χ1) is 13.7. The minimum absolute atomic E-state index is 0. The molecule has 1 aromatic heterocycles. The molecule has 0 aliphatic carbocycles. The molecule has 7 nitrogen and oxygen atoms in total. The fourth-order valence-corrected chi connectivity index (χ4v) is 3.66. The molecule has 1 heterocycles. The van der Waals surface area contributed by atoms with Crippen molar-refractivity contribution in [3.8, 4) is 11.1 Å². The lowest BCUT2D eigenvalue weighted by Gasteiger charge is -2.10. The fourth-order valence-electron chi connectivity index (χ4n) is 2.99. The maximum Gasteiger partial charge on any atom is 0.337 e. The van der Waals surface area contributed by atoms with Crippen molar-refractivity contribution >= 4 is 39.2 Å². The summed E-state index contributed by atoms with van der Waals surface area (Å²) >= 11 is 0. The number of carbonyl (C=O) groups is 1. The fraction of sp³-hybridized carbons (Fsp3) is 0.200. The molecule has 0 saturated heterocycles. The minimum Gasteiger partial charge on any atom is -0.465 e. The standard InChI is InChI=1S/C20H20FN3O4S.ClH/c1-28-20(25)14-9-17(13-4-3-5-16(8-13)29(2,26)27)19-18(10-14)24(12-23-19)11-15(21)6-7-22;/h3-6,8-10,12H,7,11,22H2,1-2H3;1H. The highest BCUT2D eigenvalue weighted by molar-refractivity contribution is 7.90. The van der Waals surface area contributed by atoms with E-state index < -0.39 is 21.6 Å². The number of methoxy groups -OCH3 is 1. The number of benzene rings is 2. The van der Waals surface area contributed by atoms with Gasteiger partial charge < -0.3 is 15.0 Å². The van der Waals surface area contributed by atoms with E-state index in [-0.39, 0.29) is 36.0 Å². The summed E-state index contributed by atoms with van der Waals surface area (Å²) in [7, 11) is -2.16. The highest BCUT2D eigenvalue weighted by atomic mass is 35.5. The van der Waals surface area contributed by atoms with Crippen LogP contribution in [-0.2, 0) is 21.1 Å².